The molecule has 1 aromatic carbocycles. The van der Waals surface area contributed by atoms with Gasteiger partial charge in [0.25, 0.3) is 0 Å². The van der Waals surface area contributed by atoms with Gasteiger partial charge in [-0.05, 0) is 31.5 Å². The molecule has 0 radical (unpaired) electrons. The van der Waals surface area contributed by atoms with Crippen molar-refractivity contribution in [3.63, 3.8) is 0 Å². The van der Waals surface area contributed by atoms with E-state index in [0.29, 0.717) is 23.5 Å². The fourth-order valence-electron chi connectivity index (χ4n) is 3.26. The molecule has 1 fully saturated rings. The number of hydrogen-bond donors (Lipinski definition) is 0. The Bertz CT molecular complexity index is 877. The molecule has 0 amide bonds. The molecule has 27 heavy (non-hydrogen) atoms. The molecular formula is C18H21F3N2O2S2. The molecule has 2 heterocycles. The third-order valence-corrected chi connectivity index (χ3v) is 7.30. The summed E-state index contributed by atoms with van der Waals surface area (Å²) in [5.41, 5.74) is 0.775. The van der Waals surface area contributed by atoms with Crippen LogP contribution in [0.3, 0.4) is 0 Å². The average Bonchev–Trinajstić information content (AvgIpc) is 3.20. The average molecular weight is 419 g/mol. The third kappa shape index (κ3) is 5.08. The van der Waals surface area contributed by atoms with Crippen LogP contribution in [-0.4, -0.2) is 42.4 Å². The maximum atomic E-state index is 12.7. The lowest BCUT2D eigenvalue weighted by Gasteiger charge is -2.26. The molecule has 1 aromatic heterocycles. The number of rotatable bonds is 6. The van der Waals surface area contributed by atoms with Crippen LogP contribution < -0.4 is 0 Å². The van der Waals surface area contributed by atoms with Gasteiger partial charge in [0.05, 0.1) is 22.8 Å². The summed E-state index contributed by atoms with van der Waals surface area (Å²) in [5.74, 6) is 0.411. The lowest BCUT2D eigenvalue weighted by molar-refractivity contribution is -0.137. The molecule has 0 spiro atoms. The summed E-state index contributed by atoms with van der Waals surface area (Å²) in [6, 6.07) is 4.98. The Kier molecular flexibility index (Phi) is 5.93. The molecule has 0 unspecified atom stereocenters. The van der Waals surface area contributed by atoms with E-state index in [1.165, 1.54) is 23.5 Å². The van der Waals surface area contributed by atoms with Crippen LogP contribution in [0.15, 0.2) is 29.6 Å². The van der Waals surface area contributed by atoms with Crippen molar-refractivity contribution in [3.8, 4) is 10.6 Å². The first-order chi connectivity index (χ1) is 12.7. The van der Waals surface area contributed by atoms with Crippen LogP contribution in [0.1, 0.15) is 31.0 Å². The Morgan fingerprint density at radius 3 is 2.52 bits per heavy atom. The van der Waals surface area contributed by atoms with Gasteiger partial charge in [0.2, 0.25) is 0 Å². The van der Waals surface area contributed by atoms with Gasteiger partial charge in [0.15, 0.2) is 9.84 Å². The van der Waals surface area contributed by atoms with Crippen molar-refractivity contribution in [1.82, 2.24) is 9.88 Å². The van der Waals surface area contributed by atoms with Crippen molar-refractivity contribution < 1.29 is 21.6 Å². The molecule has 0 N–H and O–H groups in total. The van der Waals surface area contributed by atoms with Crippen molar-refractivity contribution >= 4 is 21.2 Å². The molecule has 4 nitrogen and oxygen atoms in total. The molecule has 148 valence electrons. The lowest BCUT2D eigenvalue weighted by Crippen LogP contribution is -2.36. The second-order valence-electron chi connectivity index (χ2n) is 6.75. The highest BCUT2D eigenvalue weighted by Gasteiger charge is 2.32. The van der Waals surface area contributed by atoms with Gasteiger partial charge in [0, 0.05) is 23.5 Å². The molecule has 1 saturated heterocycles. The standard InChI is InChI=1S/C18H21F3N2O2S2/c1-2-8-23(16-7-9-27(24,25)12-16)10-15-11-26-17(22-15)13-3-5-14(6-4-13)18(19,20)21/h3-6,11,16H,2,7-10,12H2,1H3/t16-/m0/s1. The van der Waals surface area contributed by atoms with Crippen LogP contribution in [0.5, 0.6) is 0 Å². The quantitative estimate of drug-likeness (QED) is 0.705. The molecule has 1 aliphatic heterocycles. The summed E-state index contributed by atoms with van der Waals surface area (Å²) in [6.07, 6.45) is -2.81. The van der Waals surface area contributed by atoms with Crippen molar-refractivity contribution in [1.29, 1.82) is 0 Å². The van der Waals surface area contributed by atoms with E-state index in [4.69, 9.17) is 0 Å². The fraction of sp³-hybridized carbons (Fsp3) is 0.500. The second kappa shape index (κ2) is 7.89. The van der Waals surface area contributed by atoms with Crippen LogP contribution >= 0.6 is 11.3 Å². The minimum absolute atomic E-state index is 0.00571. The second-order valence-corrected chi connectivity index (χ2v) is 9.83. The van der Waals surface area contributed by atoms with E-state index >= 15 is 0 Å². The number of hydrogen-bond acceptors (Lipinski definition) is 5. The van der Waals surface area contributed by atoms with Gasteiger partial charge in [-0.3, -0.25) is 4.90 Å². The van der Waals surface area contributed by atoms with Crippen molar-refractivity contribution in [2.45, 2.75) is 38.5 Å². The minimum Gasteiger partial charge on any atom is -0.294 e. The van der Waals surface area contributed by atoms with E-state index in [0.717, 1.165) is 30.8 Å². The van der Waals surface area contributed by atoms with Gasteiger partial charge in [-0.25, -0.2) is 13.4 Å². The van der Waals surface area contributed by atoms with E-state index in [1.807, 2.05) is 12.3 Å². The normalized spacial score (nSPS) is 19.7. The summed E-state index contributed by atoms with van der Waals surface area (Å²) in [4.78, 5) is 6.70. The minimum atomic E-state index is -4.35. The van der Waals surface area contributed by atoms with Gasteiger partial charge in [-0.1, -0.05) is 19.1 Å². The molecule has 0 saturated carbocycles. The zero-order valence-electron chi connectivity index (χ0n) is 14.9. The fourth-order valence-corrected chi connectivity index (χ4v) is 5.84. The summed E-state index contributed by atoms with van der Waals surface area (Å²) in [7, 11) is -2.96. The Morgan fingerprint density at radius 2 is 1.96 bits per heavy atom. The number of benzene rings is 1. The van der Waals surface area contributed by atoms with Crippen molar-refractivity contribution in [2.75, 3.05) is 18.1 Å². The van der Waals surface area contributed by atoms with Crippen molar-refractivity contribution in [2.24, 2.45) is 0 Å². The first-order valence-electron chi connectivity index (χ1n) is 8.74. The first-order valence-corrected chi connectivity index (χ1v) is 11.4. The molecule has 3 rings (SSSR count). The van der Waals surface area contributed by atoms with E-state index in [9.17, 15) is 21.6 Å². The predicted molar refractivity (Wildman–Crippen MR) is 100 cm³/mol. The zero-order valence-corrected chi connectivity index (χ0v) is 16.5. The van der Waals surface area contributed by atoms with E-state index < -0.39 is 21.6 Å². The Balaban J connectivity index is 1.72. The van der Waals surface area contributed by atoms with Gasteiger partial charge < -0.3 is 0 Å². The highest BCUT2D eigenvalue weighted by Crippen LogP contribution is 2.32. The molecule has 0 bridgehead atoms. The summed E-state index contributed by atoms with van der Waals surface area (Å²) >= 11 is 1.38. The largest absolute Gasteiger partial charge is 0.416 e. The molecule has 0 aliphatic carbocycles. The molecule has 9 heteroatoms. The van der Waals surface area contributed by atoms with Crippen LogP contribution in [0.25, 0.3) is 10.6 Å². The first kappa shape index (κ1) is 20.3. The zero-order chi connectivity index (χ0) is 19.7. The highest BCUT2D eigenvalue weighted by atomic mass is 32.2. The van der Waals surface area contributed by atoms with Gasteiger partial charge in [0.1, 0.15) is 5.01 Å². The summed E-state index contributed by atoms with van der Waals surface area (Å²) < 4.78 is 61.6. The summed E-state index contributed by atoms with van der Waals surface area (Å²) in [6.45, 7) is 3.38. The van der Waals surface area contributed by atoms with Crippen LogP contribution in [0, 0.1) is 0 Å². The highest BCUT2D eigenvalue weighted by molar-refractivity contribution is 7.91. The van der Waals surface area contributed by atoms with Crippen LogP contribution in [0.2, 0.25) is 0 Å². The Labute approximate surface area is 161 Å². The van der Waals surface area contributed by atoms with E-state index in [-0.39, 0.29) is 17.5 Å². The van der Waals surface area contributed by atoms with Crippen LogP contribution in [0.4, 0.5) is 13.2 Å². The number of thiazole rings is 1. The van der Waals surface area contributed by atoms with Crippen molar-refractivity contribution in [3.05, 3.63) is 40.9 Å². The van der Waals surface area contributed by atoms with Gasteiger partial charge in [-0.2, -0.15) is 13.2 Å². The third-order valence-electron chi connectivity index (χ3n) is 4.61. The summed E-state index contributed by atoms with van der Waals surface area (Å²) in [5, 5.41) is 2.55. The lowest BCUT2D eigenvalue weighted by atomic mass is 10.1. The molecule has 2 aromatic rings. The van der Waals surface area contributed by atoms with E-state index in [2.05, 4.69) is 9.88 Å². The maximum absolute atomic E-state index is 12.7. The smallest absolute Gasteiger partial charge is 0.294 e. The number of sulfone groups is 1. The SMILES string of the molecule is CCCN(Cc1csc(-c2ccc(C(F)(F)F)cc2)n1)[C@H]1CCS(=O)(=O)C1. The maximum Gasteiger partial charge on any atom is 0.416 e. The molecular weight excluding hydrogens is 397 g/mol. The Hall–Kier alpha value is -1.45. The molecule has 1 aliphatic rings. The van der Waals surface area contributed by atoms with Gasteiger partial charge >= 0.3 is 6.18 Å². The number of nitrogens with zero attached hydrogens (tertiary/aromatic N) is 2. The van der Waals surface area contributed by atoms with Gasteiger partial charge in [-0.15, -0.1) is 11.3 Å². The monoisotopic (exact) mass is 418 g/mol. The number of halogens is 3. The van der Waals surface area contributed by atoms with Crippen LogP contribution in [-0.2, 0) is 22.6 Å². The predicted octanol–water partition coefficient (Wildman–Crippen LogP) is 4.23. The van der Waals surface area contributed by atoms with E-state index in [1.54, 1.807) is 0 Å². The number of aromatic nitrogens is 1. The number of alkyl halides is 3. The Morgan fingerprint density at radius 1 is 1.26 bits per heavy atom. The molecule has 1 atom stereocenters. The topological polar surface area (TPSA) is 50.3 Å².